The summed E-state index contributed by atoms with van der Waals surface area (Å²) in [5.74, 6) is -2.80. The van der Waals surface area contributed by atoms with E-state index in [0.717, 1.165) is 12.5 Å². The fourth-order valence-corrected chi connectivity index (χ4v) is 3.34. The van der Waals surface area contributed by atoms with Crippen LogP contribution in [-0.4, -0.2) is 24.8 Å². The van der Waals surface area contributed by atoms with Crippen LogP contribution in [0.1, 0.15) is 30.6 Å². The van der Waals surface area contributed by atoms with Crippen LogP contribution >= 0.6 is 0 Å². The second-order valence-electron chi connectivity index (χ2n) is 6.08. The molecule has 4 nitrogen and oxygen atoms in total. The average Bonchev–Trinajstić information content (AvgIpc) is 2.66. The van der Waals surface area contributed by atoms with E-state index in [0.29, 0.717) is 24.9 Å². The molecule has 112 valence electrons. The Labute approximate surface area is 121 Å². The molecule has 0 radical (unpaired) electrons. The van der Waals surface area contributed by atoms with Gasteiger partial charge in [-0.25, -0.2) is 8.78 Å². The highest BCUT2D eigenvalue weighted by atomic mass is 19.1. The Balaban J connectivity index is 2.07. The molecule has 21 heavy (non-hydrogen) atoms. The van der Waals surface area contributed by atoms with Crippen molar-refractivity contribution < 1.29 is 18.4 Å². The number of halogens is 2. The van der Waals surface area contributed by atoms with E-state index in [1.807, 2.05) is 13.8 Å². The van der Waals surface area contributed by atoms with Gasteiger partial charge in [-0.15, -0.1) is 0 Å². The van der Waals surface area contributed by atoms with Crippen molar-refractivity contribution in [2.75, 3.05) is 23.3 Å². The highest BCUT2D eigenvalue weighted by Crippen LogP contribution is 2.37. The quantitative estimate of drug-likeness (QED) is 0.810. The summed E-state index contributed by atoms with van der Waals surface area (Å²) in [7, 11) is 0. The summed E-state index contributed by atoms with van der Waals surface area (Å²) in [5, 5.41) is 2.19. The third-order valence-electron chi connectivity index (χ3n) is 4.07. The van der Waals surface area contributed by atoms with E-state index in [4.69, 9.17) is 0 Å². The maximum absolute atomic E-state index is 14.6. The second kappa shape index (κ2) is 4.79. The van der Waals surface area contributed by atoms with Gasteiger partial charge in [0.2, 0.25) is 0 Å². The van der Waals surface area contributed by atoms with Crippen LogP contribution in [0.5, 0.6) is 0 Å². The Bertz CT molecular complexity index is 635. The number of piperidine rings is 1. The fraction of sp³-hybridized carbons (Fsp3) is 0.467. The lowest BCUT2D eigenvalue weighted by atomic mass is 9.91. The van der Waals surface area contributed by atoms with Gasteiger partial charge in [-0.05, 0) is 24.3 Å². The van der Waals surface area contributed by atoms with Crippen molar-refractivity contribution in [1.82, 2.24) is 0 Å². The van der Waals surface area contributed by atoms with Gasteiger partial charge in [0.15, 0.2) is 5.82 Å². The third kappa shape index (κ3) is 2.18. The number of fused-ring (bicyclic) bond motifs is 1. The molecule has 6 heteroatoms. The van der Waals surface area contributed by atoms with E-state index in [2.05, 4.69) is 5.32 Å². The minimum absolute atomic E-state index is 0.151. The standard InChI is InChI=1S/C15H16F2N2O2/c1-7-3-8(2)6-19(5-7)13-10(16)4-9-12(11(13)17)18-15(21)14(9)20/h4,7-8H,3,5-6H2,1-2H3,(H,18,20,21). The summed E-state index contributed by atoms with van der Waals surface area (Å²) >= 11 is 0. The maximum atomic E-state index is 14.6. The predicted molar refractivity (Wildman–Crippen MR) is 74.5 cm³/mol. The lowest BCUT2D eigenvalue weighted by Gasteiger charge is -2.37. The monoisotopic (exact) mass is 294 g/mol. The minimum atomic E-state index is -0.916. The fourth-order valence-electron chi connectivity index (χ4n) is 3.34. The minimum Gasteiger partial charge on any atom is -0.366 e. The van der Waals surface area contributed by atoms with Crippen molar-refractivity contribution >= 4 is 23.1 Å². The predicted octanol–water partition coefficient (Wildman–Crippen LogP) is 2.58. The Morgan fingerprint density at radius 2 is 1.81 bits per heavy atom. The van der Waals surface area contributed by atoms with Gasteiger partial charge in [-0.2, -0.15) is 0 Å². The smallest absolute Gasteiger partial charge is 0.296 e. The van der Waals surface area contributed by atoms with Crippen molar-refractivity contribution in [1.29, 1.82) is 0 Å². The van der Waals surface area contributed by atoms with Gasteiger partial charge < -0.3 is 10.2 Å². The van der Waals surface area contributed by atoms with Crippen LogP contribution < -0.4 is 10.2 Å². The van der Waals surface area contributed by atoms with Crippen LogP contribution in [0, 0.1) is 23.5 Å². The van der Waals surface area contributed by atoms with Crippen molar-refractivity contribution in [2.24, 2.45) is 11.8 Å². The molecule has 0 saturated carbocycles. The number of nitrogens with zero attached hydrogens (tertiary/aromatic N) is 1. The molecule has 3 rings (SSSR count). The lowest BCUT2D eigenvalue weighted by Crippen LogP contribution is -2.39. The van der Waals surface area contributed by atoms with Crippen LogP contribution in [-0.2, 0) is 4.79 Å². The first-order chi connectivity index (χ1) is 9.88. The van der Waals surface area contributed by atoms with Crippen LogP contribution in [0.4, 0.5) is 20.2 Å². The summed E-state index contributed by atoms with van der Waals surface area (Å²) < 4.78 is 28.8. The summed E-state index contributed by atoms with van der Waals surface area (Å²) in [6.45, 7) is 5.19. The van der Waals surface area contributed by atoms with E-state index in [9.17, 15) is 18.4 Å². The second-order valence-corrected chi connectivity index (χ2v) is 6.08. The average molecular weight is 294 g/mol. The number of carbonyl (C=O) groups is 2. The van der Waals surface area contributed by atoms with Crippen LogP contribution in [0.15, 0.2) is 6.07 Å². The number of ketones is 1. The first kappa shape index (κ1) is 14.0. The highest BCUT2D eigenvalue weighted by molar-refractivity contribution is 6.51. The molecule has 1 fully saturated rings. The van der Waals surface area contributed by atoms with Gasteiger partial charge in [-0.1, -0.05) is 13.8 Å². The van der Waals surface area contributed by atoms with E-state index in [1.54, 1.807) is 4.90 Å². The topological polar surface area (TPSA) is 49.4 Å². The van der Waals surface area contributed by atoms with Crippen molar-refractivity contribution in [3.63, 3.8) is 0 Å². The molecular weight excluding hydrogens is 278 g/mol. The van der Waals surface area contributed by atoms with Gasteiger partial charge >= 0.3 is 0 Å². The molecule has 0 bridgehead atoms. The van der Waals surface area contributed by atoms with Gasteiger partial charge in [0, 0.05) is 13.1 Å². The Hall–Kier alpha value is -1.98. The molecule has 2 aliphatic rings. The van der Waals surface area contributed by atoms with Gasteiger partial charge in [-0.3, -0.25) is 9.59 Å². The van der Waals surface area contributed by atoms with Gasteiger partial charge in [0.05, 0.1) is 11.3 Å². The molecule has 2 heterocycles. The number of hydrogen-bond donors (Lipinski definition) is 1. The number of anilines is 2. The molecule has 2 unspecified atom stereocenters. The summed E-state index contributed by atoms with van der Waals surface area (Å²) in [5.41, 5.74) is -0.578. The van der Waals surface area contributed by atoms with E-state index in [1.165, 1.54) is 0 Å². The number of hydrogen-bond acceptors (Lipinski definition) is 3. The van der Waals surface area contributed by atoms with Crippen molar-refractivity contribution in [3.05, 3.63) is 23.3 Å². The number of Topliss-reactive ketones (excluding diaryl/α,β-unsaturated/α-hetero) is 1. The number of rotatable bonds is 1. The third-order valence-corrected chi connectivity index (χ3v) is 4.07. The largest absolute Gasteiger partial charge is 0.366 e. The van der Waals surface area contributed by atoms with Gasteiger partial charge in [0.1, 0.15) is 11.5 Å². The van der Waals surface area contributed by atoms with Crippen LogP contribution in [0.2, 0.25) is 0 Å². The normalized spacial score (nSPS) is 25.0. The van der Waals surface area contributed by atoms with Crippen LogP contribution in [0.3, 0.4) is 0 Å². The lowest BCUT2D eigenvalue weighted by molar-refractivity contribution is -0.112. The molecule has 0 aliphatic carbocycles. The molecule has 1 N–H and O–H groups in total. The first-order valence-corrected chi connectivity index (χ1v) is 7.01. The zero-order valence-corrected chi connectivity index (χ0v) is 11.9. The van der Waals surface area contributed by atoms with Crippen molar-refractivity contribution in [3.8, 4) is 0 Å². The molecule has 1 aromatic carbocycles. The molecule has 1 aromatic rings. The van der Waals surface area contributed by atoms with Crippen LogP contribution in [0.25, 0.3) is 0 Å². The highest BCUT2D eigenvalue weighted by Gasteiger charge is 2.36. The number of carbonyl (C=O) groups excluding carboxylic acids is 2. The maximum Gasteiger partial charge on any atom is 0.296 e. The molecular formula is C15H16F2N2O2. The summed E-state index contributed by atoms with van der Waals surface area (Å²) in [6.07, 6.45) is 1.01. The van der Waals surface area contributed by atoms with Crippen molar-refractivity contribution in [2.45, 2.75) is 20.3 Å². The first-order valence-electron chi connectivity index (χ1n) is 7.01. The molecule has 2 aliphatic heterocycles. The Morgan fingerprint density at radius 3 is 2.43 bits per heavy atom. The molecule has 2 atom stereocenters. The molecule has 0 spiro atoms. The molecule has 0 aromatic heterocycles. The Kier molecular flexibility index (Phi) is 3.19. The SMILES string of the molecule is CC1CC(C)CN(c2c(F)cc3c(c2F)NC(=O)C3=O)C1. The van der Waals surface area contributed by atoms with E-state index in [-0.39, 0.29) is 16.9 Å². The zero-order valence-electron chi connectivity index (χ0n) is 11.9. The number of benzene rings is 1. The molecule has 1 amide bonds. The zero-order chi connectivity index (χ0) is 15.3. The van der Waals surface area contributed by atoms with E-state index < -0.39 is 23.3 Å². The molecule has 1 saturated heterocycles. The number of nitrogens with one attached hydrogen (secondary N) is 1. The summed E-state index contributed by atoms with van der Waals surface area (Å²) in [6, 6.07) is 0.956. The Morgan fingerprint density at radius 1 is 1.19 bits per heavy atom. The number of amides is 1. The van der Waals surface area contributed by atoms with E-state index >= 15 is 0 Å². The van der Waals surface area contributed by atoms with Gasteiger partial charge in [0.25, 0.3) is 11.7 Å². The summed E-state index contributed by atoms with van der Waals surface area (Å²) in [4.78, 5) is 24.5.